The maximum atomic E-state index is 5.73. The van der Waals surface area contributed by atoms with Gasteiger partial charge in [0.1, 0.15) is 13.2 Å². The lowest BCUT2D eigenvalue weighted by atomic mass is 10.00. The van der Waals surface area contributed by atoms with E-state index in [0.29, 0.717) is 31.0 Å². The lowest BCUT2D eigenvalue weighted by Gasteiger charge is -2.19. The van der Waals surface area contributed by atoms with Crippen LogP contribution in [-0.4, -0.2) is 36.5 Å². The molecule has 0 radical (unpaired) electrons. The van der Waals surface area contributed by atoms with Crippen molar-refractivity contribution < 1.29 is 13.9 Å². The van der Waals surface area contributed by atoms with Crippen LogP contribution in [0, 0.1) is 0 Å². The van der Waals surface area contributed by atoms with Crippen molar-refractivity contribution in [2.75, 3.05) is 31.6 Å². The van der Waals surface area contributed by atoms with E-state index in [4.69, 9.17) is 13.9 Å². The average molecular weight is 302 g/mol. The van der Waals surface area contributed by atoms with Gasteiger partial charge in [0.15, 0.2) is 11.5 Å². The zero-order chi connectivity index (χ0) is 14.8. The molecule has 1 saturated heterocycles. The van der Waals surface area contributed by atoms with Crippen LogP contribution in [0.2, 0.25) is 0 Å². The number of rotatable bonds is 3. The number of hydrogen-bond donors (Lipinski definition) is 2. The minimum atomic E-state index is 0.303. The molecule has 7 nitrogen and oxygen atoms in total. The number of hydrogen-bond acceptors (Lipinski definition) is 7. The quantitative estimate of drug-likeness (QED) is 0.898. The van der Waals surface area contributed by atoms with Crippen LogP contribution in [0.5, 0.6) is 11.5 Å². The van der Waals surface area contributed by atoms with Crippen molar-refractivity contribution in [1.82, 2.24) is 15.5 Å². The molecule has 1 atom stereocenters. The number of nitrogens with zero attached hydrogens (tertiary/aromatic N) is 2. The predicted molar refractivity (Wildman–Crippen MR) is 79.9 cm³/mol. The summed E-state index contributed by atoms with van der Waals surface area (Å²) in [5.41, 5.74) is 0.834. The summed E-state index contributed by atoms with van der Waals surface area (Å²) in [5, 5.41) is 14.7. The third kappa shape index (κ3) is 2.71. The van der Waals surface area contributed by atoms with Crippen molar-refractivity contribution >= 4 is 11.7 Å². The van der Waals surface area contributed by atoms with Gasteiger partial charge in [-0.3, -0.25) is 0 Å². The molecular formula is C15H18N4O3. The first kappa shape index (κ1) is 13.4. The molecule has 2 aliphatic heterocycles. The Morgan fingerprint density at radius 1 is 1.14 bits per heavy atom. The van der Waals surface area contributed by atoms with E-state index in [9.17, 15) is 0 Å². The lowest BCUT2D eigenvalue weighted by Crippen LogP contribution is -2.28. The van der Waals surface area contributed by atoms with E-state index in [1.807, 2.05) is 18.2 Å². The molecule has 1 aromatic heterocycles. The summed E-state index contributed by atoms with van der Waals surface area (Å²) in [5.74, 6) is 2.48. The Hall–Kier alpha value is -2.28. The Labute approximate surface area is 128 Å². The van der Waals surface area contributed by atoms with Gasteiger partial charge in [0.2, 0.25) is 5.89 Å². The van der Waals surface area contributed by atoms with Gasteiger partial charge in [-0.25, -0.2) is 0 Å². The smallest absolute Gasteiger partial charge is 0.320 e. The summed E-state index contributed by atoms with van der Waals surface area (Å²) < 4.78 is 16.8. The fourth-order valence-electron chi connectivity index (χ4n) is 2.76. The Bertz CT molecular complexity index is 652. The number of anilines is 2. The van der Waals surface area contributed by atoms with Gasteiger partial charge in [0.05, 0.1) is 0 Å². The van der Waals surface area contributed by atoms with Crippen molar-refractivity contribution in [3.05, 3.63) is 24.1 Å². The molecule has 0 aliphatic carbocycles. The van der Waals surface area contributed by atoms with Gasteiger partial charge < -0.3 is 24.5 Å². The van der Waals surface area contributed by atoms with Crippen molar-refractivity contribution in [2.45, 2.75) is 18.8 Å². The molecule has 4 rings (SSSR count). The number of benzene rings is 1. The van der Waals surface area contributed by atoms with Crippen LogP contribution in [-0.2, 0) is 0 Å². The lowest BCUT2D eigenvalue weighted by molar-refractivity contribution is 0.171. The van der Waals surface area contributed by atoms with Crippen molar-refractivity contribution in [2.24, 2.45) is 0 Å². The molecule has 0 bridgehead atoms. The molecule has 2 aliphatic rings. The fourth-order valence-corrected chi connectivity index (χ4v) is 2.76. The van der Waals surface area contributed by atoms with Crippen molar-refractivity contribution in [1.29, 1.82) is 0 Å². The third-order valence-corrected chi connectivity index (χ3v) is 3.88. The Morgan fingerprint density at radius 2 is 2.05 bits per heavy atom. The third-order valence-electron chi connectivity index (χ3n) is 3.88. The monoisotopic (exact) mass is 302 g/mol. The summed E-state index contributed by atoms with van der Waals surface area (Å²) >= 11 is 0. The van der Waals surface area contributed by atoms with Gasteiger partial charge in [-0.05, 0) is 31.5 Å². The normalized spacial score (nSPS) is 20.6. The maximum absolute atomic E-state index is 5.73. The van der Waals surface area contributed by atoms with E-state index in [-0.39, 0.29) is 0 Å². The molecule has 22 heavy (non-hydrogen) atoms. The van der Waals surface area contributed by atoms with Crippen LogP contribution >= 0.6 is 0 Å². The minimum Gasteiger partial charge on any atom is -0.486 e. The molecule has 1 aromatic carbocycles. The van der Waals surface area contributed by atoms with Crippen LogP contribution in [0.1, 0.15) is 24.7 Å². The molecule has 1 unspecified atom stereocenters. The van der Waals surface area contributed by atoms with Crippen LogP contribution < -0.4 is 20.1 Å². The zero-order valence-corrected chi connectivity index (χ0v) is 12.2. The number of nitrogens with one attached hydrogen (secondary N) is 2. The Morgan fingerprint density at radius 3 is 2.91 bits per heavy atom. The second-order valence-corrected chi connectivity index (χ2v) is 5.47. The summed E-state index contributed by atoms with van der Waals surface area (Å²) in [6, 6.07) is 6.05. The van der Waals surface area contributed by atoms with Gasteiger partial charge in [-0.15, -0.1) is 5.10 Å². The second kappa shape index (κ2) is 5.84. The number of fused-ring (bicyclic) bond motifs is 1. The fraction of sp³-hybridized carbons (Fsp3) is 0.467. The largest absolute Gasteiger partial charge is 0.486 e. The van der Waals surface area contributed by atoms with E-state index in [1.54, 1.807) is 0 Å². The van der Waals surface area contributed by atoms with Gasteiger partial charge in [0.25, 0.3) is 0 Å². The SMILES string of the molecule is c1cc2c(cc1Nc1nnc(C3CCCNC3)o1)OCCO2. The summed E-state index contributed by atoms with van der Waals surface area (Å²) in [7, 11) is 0. The second-order valence-electron chi connectivity index (χ2n) is 5.47. The van der Waals surface area contributed by atoms with Crippen LogP contribution in [0.3, 0.4) is 0 Å². The van der Waals surface area contributed by atoms with Gasteiger partial charge in [0, 0.05) is 24.2 Å². The molecular weight excluding hydrogens is 284 g/mol. The summed E-state index contributed by atoms with van der Waals surface area (Å²) in [4.78, 5) is 0. The van der Waals surface area contributed by atoms with E-state index >= 15 is 0 Å². The van der Waals surface area contributed by atoms with E-state index in [0.717, 1.165) is 43.1 Å². The van der Waals surface area contributed by atoms with Gasteiger partial charge in [-0.2, -0.15) is 0 Å². The van der Waals surface area contributed by atoms with E-state index in [2.05, 4.69) is 20.8 Å². The first-order chi connectivity index (χ1) is 10.9. The molecule has 2 N–H and O–H groups in total. The molecule has 2 aromatic rings. The topological polar surface area (TPSA) is 81.4 Å². The highest BCUT2D eigenvalue weighted by Crippen LogP contribution is 2.33. The first-order valence-corrected chi connectivity index (χ1v) is 7.59. The van der Waals surface area contributed by atoms with Crippen molar-refractivity contribution in [3.8, 4) is 11.5 Å². The molecule has 1 fully saturated rings. The molecule has 116 valence electrons. The Kier molecular flexibility index (Phi) is 3.56. The summed E-state index contributed by atoms with van der Waals surface area (Å²) in [6.07, 6.45) is 2.22. The maximum Gasteiger partial charge on any atom is 0.320 e. The number of aromatic nitrogens is 2. The molecule has 0 spiro atoms. The highest BCUT2D eigenvalue weighted by atomic mass is 16.6. The number of piperidine rings is 1. The predicted octanol–water partition coefficient (Wildman–Crippen LogP) is 2.05. The highest BCUT2D eigenvalue weighted by molar-refractivity contribution is 5.59. The van der Waals surface area contributed by atoms with Crippen LogP contribution in [0.4, 0.5) is 11.7 Å². The minimum absolute atomic E-state index is 0.303. The van der Waals surface area contributed by atoms with Crippen LogP contribution in [0.25, 0.3) is 0 Å². The van der Waals surface area contributed by atoms with E-state index < -0.39 is 0 Å². The van der Waals surface area contributed by atoms with Gasteiger partial charge in [-0.1, -0.05) is 5.10 Å². The Balaban J connectivity index is 1.48. The molecule has 3 heterocycles. The number of ether oxygens (including phenoxy) is 2. The molecule has 0 saturated carbocycles. The summed E-state index contributed by atoms with van der Waals surface area (Å²) in [6.45, 7) is 3.11. The van der Waals surface area contributed by atoms with Crippen LogP contribution in [0.15, 0.2) is 22.6 Å². The highest BCUT2D eigenvalue weighted by Gasteiger charge is 2.21. The first-order valence-electron chi connectivity index (χ1n) is 7.59. The molecule has 7 heteroatoms. The zero-order valence-electron chi connectivity index (χ0n) is 12.2. The van der Waals surface area contributed by atoms with E-state index in [1.165, 1.54) is 0 Å². The standard InChI is InChI=1S/C15H18N4O3/c1-2-10(9-16-5-1)14-18-19-15(22-14)17-11-3-4-12-13(8-11)21-7-6-20-12/h3-4,8,10,16H,1-2,5-7,9H2,(H,17,19). The van der Waals surface area contributed by atoms with Crippen molar-refractivity contribution in [3.63, 3.8) is 0 Å². The molecule has 0 amide bonds. The van der Waals surface area contributed by atoms with Gasteiger partial charge >= 0.3 is 6.01 Å². The average Bonchev–Trinajstić information content (AvgIpc) is 3.04.